The minimum Gasteiger partial charge on any atom is -0.316 e. The van der Waals surface area contributed by atoms with Gasteiger partial charge in [-0.1, -0.05) is 18.2 Å². The molecule has 1 N–H and O–H groups in total. The van der Waals surface area contributed by atoms with Crippen molar-refractivity contribution in [2.24, 2.45) is 5.10 Å². The molecule has 0 fully saturated rings. The van der Waals surface area contributed by atoms with Crippen molar-refractivity contribution in [2.75, 3.05) is 5.43 Å². The monoisotopic (exact) mass is 374 g/mol. The summed E-state index contributed by atoms with van der Waals surface area (Å²) in [6, 6.07) is 15.2. The third-order valence-corrected chi connectivity index (χ3v) is 3.72. The van der Waals surface area contributed by atoms with Crippen LogP contribution in [0.25, 0.3) is 5.69 Å². The molecule has 9 heteroatoms. The second kappa shape index (κ2) is 7.32. The Morgan fingerprint density at radius 2 is 1.81 bits per heavy atom. The van der Waals surface area contributed by atoms with Crippen molar-refractivity contribution < 1.29 is 18.1 Å². The van der Waals surface area contributed by atoms with Gasteiger partial charge in [-0.15, -0.1) is 0 Å². The number of halogens is 3. The lowest BCUT2D eigenvalue weighted by Crippen LogP contribution is -2.07. The number of para-hydroxylation sites is 1. The van der Waals surface area contributed by atoms with Gasteiger partial charge in [0.15, 0.2) is 0 Å². The summed E-state index contributed by atoms with van der Waals surface area (Å²) < 4.78 is 40.0. The van der Waals surface area contributed by atoms with Crippen molar-refractivity contribution in [1.82, 2.24) is 4.57 Å². The van der Waals surface area contributed by atoms with Gasteiger partial charge >= 0.3 is 6.18 Å². The van der Waals surface area contributed by atoms with E-state index in [1.165, 1.54) is 6.21 Å². The lowest BCUT2D eigenvalue weighted by atomic mass is 10.1. The highest BCUT2D eigenvalue weighted by Gasteiger charge is 2.33. The van der Waals surface area contributed by atoms with E-state index < -0.39 is 22.4 Å². The van der Waals surface area contributed by atoms with Crippen molar-refractivity contribution in [1.29, 1.82) is 0 Å². The Bertz CT molecular complexity index is 982. The molecule has 0 unspecified atom stereocenters. The average Bonchev–Trinajstić information content (AvgIpc) is 3.10. The number of rotatable bonds is 5. The summed E-state index contributed by atoms with van der Waals surface area (Å²) in [5.41, 5.74) is 2.07. The van der Waals surface area contributed by atoms with Gasteiger partial charge in [0.25, 0.3) is 5.69 Å². The van der Waals surface area contributed by atoms with Crippen LogP contribution in [0, 0.1) is 10.1 Å². The summed E-state index contributed by atoms with van der Waals surface area (Å²) in [4.78, 5) is 10.2. The molecule has 0 amide bonds. The number of nitrogens with zero attached hydrogens (tertiary/aromatic N) is 3. The van der Waals surface area contributed by atoms with Crippen LogP contribution >= 0.6 is 0 Å². The highest BCUT2D eigenvalue weighted by Crippen LogP contribution is 2.34. The predicted octanol–water partition coefficient (Wildman–Crippen LogP) is 4.85. The van der Waals surface area contributed by atoms with Crippen molar-refractivity contribution in [3.05, 3.63) is 88.2 Å². The molecule has 0 bridgehead atoms. The lowest BCUT2D eigenvalue weighted by Gasteiger charge is -2.08. The number of hydrogen-bond donors (Lipinski definition) is 1. The SMILES string of the molecule is O=[N+]([O-])c1cc(C(F)(F)F)ccc1N/N=C\c1cccn1-c1ccccc1. The van der Waals surface area contributed by atoms with Crippen LogP contribution in [0.5, 0.6) is 0 Å². The van der Waals surface area contributed by atoms with E-state index in [4.69, 9.17) is 0 Å². The van der Waals surface area contributed by atoms with Gasteiger partial charge in [0, 0.05) is 18.0 Å². The Kier molecular flexibility index (Phi) is 4.93. The standard InChI is InChI=1S/C18H13F3N4O2/c19-18(20,21)13-8-9-16(17(11-13)25(26)27)23-22-12-15-7-4-10-24(15)14-5-2-1-3-6-14/h1-12,23H/b22-12-. The molecule has 0 aliphatic heterocycles. The van der Waals surface area contributed by atoms with Crippen LogP contribution in [0.3, 0.4) is 0 Å². The summed E-state index contributed by atoms with van der Waals surface area (Å²) in [7, 11) is 0. The number of hydrazone groups is 1. The molecule has 0 aliphatic rings. The first-order valence-corrected chi connectivity index (χ1v) is 7.74. The molecule has 0 atom stereocenters. The molecule has 2 aromatic carbocycles. The van der Waals surface area contributed by atoms with Gasteiger partial charge in [-0.2, -0.15) is 18.3 Å². The number of hydrogen-bond acceptors (Lipinski definition) is 4. The van der Waals surface area contributed by atoms with Crippen molar-refractivity contribution in [3.8, 4) is 5.69 Å². The second-order valence-corrected chi connectivity index (χ2v) is 5.50. The number of anilines is 1. The smallest absolute Gasteiger partial charge is 0.316 e. The Hall–Kier alpha value is -3.62. The summed E-state index contributed by atoms with van der Waals surface area (Å²) in [6.45, 7) is 0. The van der Waals surface area contributed by atoms with E-state index in [1.807, 2.05) is 41.1 Å². The minimum absolute atomic E-state index is 0.137. The number of nitro benzene ring substituents is 1. The largest absolute Gasteiger partial charge is 0.416 e. The first-order valence-electron chi connectivity index (χ1n) is 7.74. The molecule has 0 saturated carbocycles. The molecule has 0 aliphatic carbocycles. The quantitative estimate of drug-likeness (QED) is 0.394. The molecular weight excluding hydrogens is 361 g/mol. The zero-order chi connectivity index (χ0) is 19.4. The fourth-order valence-corrected chi connectivity index (χ4v) is 2.44. The fraction of sp³-hybridized carbons (Fsp3) is 0.0556. The lowest BCUT2D eigenvalue weighted by molar-refractivity contribution is -0.384. The normalized spacial score (nSPS) is 11.7. The van der Waals surface area contributed by atoms with Crippen molar-refractivity contribution in [2.45, 2.75) is 6.18 Å². The van der Waals surface area contributed by atoms with Crippen LogP contribution in [-0.4, -0.2) is 15.7 Å². The Morgan fingerprint density at radius 3 is 2.48 bits per heavy atom. The molecule has 0 saturated heterocycles. The van der Waals surface area contributed by atoms with Crippen molar-refractivity contribution >= 4 is 17.6 Å². The second-order valence-electron chi connectivity index (χ2n) is 5.50. The zero-order valence-electron chi connectivity index (χ0n) is 13.7. The van der Waals surface area contributed by atoms with Crippen molar-refractivity contribution in [3.63, 3.8) is 0 Å². The molecule has 1 aromatic heterocycles. The van der Waals surface area contributed by atoms with Gasteiger partial charge < -0.3 is 4.57 Å². The van der Waals surface area contributed by atoms with E-state index in [9.17, 15) is 23.3 Å². The molecule has 138 valence electrons. The van der Waals surface area contributed by atoms with E-state index in [2.05, 4.69) is 10.5 Å². The molecular formula is C18H13F3N4O2. The van der Waals surface area contributed by atoms with Gasteiger partial charge in [0.2, 0.25) is 0 Å². The van der Waals surface area contributed by atoms with Gasteiger partial charge in [-0.25, -0.2) is 0 Å². The summed E-state index contributed by atoms with van der Waals surface area (Å²) in [5, 5.41) is 15.0. The number of aromatic nitrogens is 1. The van der Waals surface area contributed by atoms with E-state index in [0.29, 0.717) is 11.8 Å². The molecule has 3 aromatic rings. The molecule has 6 nitrogen and oxygen atoms in total. The van der Waals surface area contributed by atoms with Gasteiger partial charge in [0.1, 0.15) is 5.69 Å². The van der Waals surface area contributed by atoms with E-state index in [0.717, 1.165) is 17.8 Å². The fourth-order valence-electron chi connectivity index (χ4n) is 2.44. The molecule has 27 heavy (non-hydrogen) atoms. The Labute approximate surface area is 151 Å². The maximum absolute atomic E-state index is 12.7. The van der Waals surface area contributed by atoms with Crippen LogP contribution in [-0.2, 0) is 6.18 Å². The van der Waals surface area contributed by atoms with Gasteiger partial charge in [-0.05, 0) is 36.4 Å². The van der Waals surface area contributed by atoms with Crippen LogP contribution in [0.4, 0.5) is 24.5 Å². The van der Waals surface area contributed by atoms with Crippen LogP contribution < -0.4 is 5.43 Å². The Morgan fingerprint density at radius 1 is 1.07 bits per heavy atom. The number of nitro groups is 1. The first-order chi connectivity index (χ1) is 12.9. The highest BCUT2D eigenvalue weighted by atomic mass is 19.4. The maximum atomic E-state index is 12.7. The Balaban J connectivity index is 1.84. The molecule has 3 rings (SSSR count). The van der Waals surface area contributed by atoms with E-state index in [1.54, 1.807) is 12.1 Å². The van der Waals surface area contributed by atoms with Gasteiger partial charge in [0.05, 0.1) is 22.4 Å². The molecule has 0 spiro atoms. The van der Waals surface area contributed by atoms with E-state index in [-0.39, 0.29) is 5.69 Å². The first kappa shape index (κ1) is 18.2. The van der Waals surface area contributed by atoms with Crippen LogP contribution in [0.1, 0.15) is 11.3 Å². The van der Waals surface area contributed by atoms with E-state index >= 15 is 0 Å². The third kappa shape index (κ3) is 4.14. The summed E-state index contributed by atoms with van der Waals surface area (Å²) in [6.07, 6.45) is -1.42. The third-order valence-electron chi connectivity index (χ3n) is 3.72. The number of benzene rings is 2. The van der Waals surface area contributed by atoms with Crippen LogP contribution in [0.2, 0.25) is 0 Å². The molecule has 0 radical (unpaired) electrons. The van der Waals surface area contributed by atoms with Gasteiger partial charge in [-0.3, -0.25) is 15.5 Å². The summed E-state index contributed by atoms with van der Waals surface area (Å²) >= 11 is 0. The average molecular weight is 374 g/mol. The summed E-state index contributed by atoms with van der Waals surface area (Å²) in [5.74, 6) is 0. The number of nitrogens with one attached hydrogen (secondary N) is 1. The highest BCUT2D eigenvalue weighted by molar-refractivity contribution is 5.80. The zero-order valence-corrected chi connectivity index (χ0v) is 13.7. The number of alkyl halides is 3. The topological polar surface area (TPSA) is 72.5 Å². The van der Waals surface area contributed by atoms with Crippen LogP contribution in [0.15, 0.2) is 72.0 Å². The predicted molar refractivity (Wildman–Crippen MR) is 95.1 cm³/mol. The maximum Gasteiger partial charge on any atom is 0.416 e. The molecule has 1 heterocycles. The minimum atomic E-state index is -4.66.